The summed E-state index contributed by atoms with van der Waals surface area (Å²) in [5, 5.41) is 7.05. The molecule has 3 aromatic rings. The van der Waals surface area contributed by atoms with Gasteiger partial charge in [0.2, 0.25) is 5.91 Å². The Bertz CT molecular complexity index is 795. The maximum atomic E-state index is 12.6. The average Bonchev–Trinajstić information content (AvgIpc) is 3.20. The van der Waals surface area contributed by atoms with Gasteiger partial charge in [0, 0.05) is 23.5 Å². The van der Waals surface area contributed by atoms with Crippen LogP contribution in [0.25, 0.3) is 5.65 Å². The fourth-order valence-corrected chi connectivity index (χ4v) is 3.40. The van der Waals surface area contributed by atoms with Gasteiger partial charge in [0.05, 0.1) is 10.9 Å². The number of hydrogen-bond acceptors (Lipinski definition) is 5. The summed E-state index contributed by atoms with van der Waals surface area (Å²) in [4.78, 5) is 22.0. The summed E-state index contributed by atoms with van der Waals surface area (Å²) in [5.74, 6) is 0.520. The molecular weight excluding hydrogens is 298 g/mol. The van der Waals surface area contributed by atoms with Crippen LogP contribution in [0.5, 0.6) is 0 Å². The van der Waals surface area contributed by atoms with Crippen LogP contribution >= 0.6 is 11.8 Å². The minimum Gasteiger partial charge on any atom is -0.308 e. The predicted molar refractivity (Wildman–Crippen MR) is 83.7 cm³/mol. The highest BCUT2D eigenvalue weighted by Crippen LogP contribution is 2.52. The fourth-order valence-electron chi connectivity index (χ4n) is 2.24. The molecule has 1 aliphatic rings. The van der Waals surface area contributed by atoms with Crippen molar-refractivity contribution in [3.05, 3.63) is 49.1 Å². The number of pyridine rings is 1. The van der Waals surface area contributed by atoms with E-state index in [0.29, 0.717) is 11.5 Å². The topological polar surface area (TPSA) is 72.2 Å². The van der Waals surface area contributed by atoms with Crippen LogP contribution in [-0.2, 0) is 4.79 Å². The van der Waals surface area contributed by atoms with Gasteiger partial charge in [-0.15, -0.1) is 11.8 Å². The largest absolute Gasteiger partial charge is 0.308 e. The van der Waals surface area contributed by atoms with Crippen LogP contribution in [0.15, 0.2) is 53.9 Å². The van der Waals surface area contributed by atoms with E-state index in [0.717, 1.165) is 17.7 Å². The Hall–Kier alpha value is -2.41. The molecule has 0 bridgehead atoms. The second-order valence-electron chi connectivity index (χ2n) is 5.19. The highest BCUT2D eigenvalue weighted by atomic mass is 32.2. The monoisotopic (exact) mass is 311 g/mol. The molecular formula is C15H13N5OS. The van der Waals surface area contributed by atoms with Crippen LogP contribution < -0.4 is 5.32 Å². The van der Waals surface area contributed by atoms with Crippen LogP contribution in [0, 0.1) is 0 Å². The number of anilines is 1. The summed E-state index contributed by atoms with van der Waals surface area (Å²) in [6, 6.07) is 7.51. The zero-order chi connectivity index (χ0) is 15.0. The second kappa shape index (κ2) is 5.10. The number of fused-ring (bicyclic) bond motifs is 1. The van der Waals surface area contributed by atoms with Gasteiger partial charge < -0.3 is 5.32 Å². The molecule has 4 rings (SSSR count). The number of amides is 1. The van der Waals surface area contributed by atoms with E-state index in [4.69, 9.17) is 0 Å². The van der Waals surface area contributed by atoms with Crippen molar-refractivity contribution in [2.45, 2.75) is 22.5 Å². The first-order valence-electron chi connectivity index (χ1n) is 6.96. The Labute approximate surface area is 131 Å². The Kier molecular flexibility index (Phi) is 3.07. The van der Waals surface area contributed by atoms with E-state index in [9.17, 15) is 4.79 Å². The molecule has 3 aromatic heterocycles. The van der Waals surface area contributed by atoms with Crippen molar-refractivity contribution in [1.29, 1.82) is 0 Å². The molecule has 0 atom stereocenters. The fraction of sp³-hybridized carbons (Fsp3) is 0.200. The molecule has 1 amide bonds. The molecule has 22 heavy (non-hydrogen) atoms. The van der Waals surface area contributed by atoms with Gasteiger partial charge in [-0.05, 0) is 37.1 Å². The van der Waals surface area contributed by atoms with Gasteiger partial charge in [0.25, 0.3) is 0 Å². The summed E-state index contributed by atoms with van der Waals surface area (Å²) < 4.78 is 1.25. The molecule has 1 aliphatic carbocycles. The van der Waals surface area contributed by atoms with Crippen LogP contribution in [-0.4, -0.2) is 30.2 Å². The molecule has 1 fully saturated rings. The van der Waals surface area contributed by atoms with E-state index in [2.05, 4.69) is 20.4 Å². The van der Waals surface area contributed by atoms with Crippen molar-refractivity contribution >= 4 is 29.1 Å². The summed E-state index contributed by atoms with van der Waals surface area (Å²) in [7, 11) is 0. The number of aromatic nitrogens is 4. The minimum absolute atomic E-state index is 0.00948. The molecule has 6 nitrogen and oxygen atoms in total. The Morgan fingerprint density at radius 1 is 1.27 bits per heavy atom. The molecule has 7 heteroatoms. The number of carbonyl (C=O) groups excluding carboxylic acids is 1. The summed E-state index contributed by atoms with van der Waals surface area (Å²) in [5.41, 5.74) is 0.711. The lowest BCUT2D eigenvalue weighted by Crippen LogP contribution is -2.26. The maximum absolute atomic E-state index is 12.6. The number of carbonyl (C=O) groups is 1. The van der Waals surface area contributed by atoms with Gasteiger partial charge in [-0.1, -0.05) is 0 Å². The molecule has 0 saturated heterocycles. The number of hydrogen-bond donors (Lipinski definition) is 1. The van der Waals surface area contributed by atoms with Crippen molar-refractivity contribution in [2.24, 2.45) is 0 Å². The number of nitrogens with one attached hydrogen (secondary N) is 1. The van der Waals surface area contributed by atoms with Gasteiger partial charge in [0.1, 0.15) is 0 Å². The first-order chi connectivity index (χ1) is 10.8. The van der Waals surface area contributed by atoms with Crippen molar-refractivity contribution in [3.8, 4) is 0 Å². The van der Waals surface area contributed by atoms with E-state index in [-0.39, 0.29) is 5.91 Å². The van der Waals surface area contributed by atoms with Gasteiger partial charge in [-0.2, -0.15) is 5.10 Å². The molecule has 3 heterocycles. The molecule has 1 saturated carbocycles. The second-order valence-corrected chi connectivity index (χ2v) is 6.65. The summed E-state index contributed by atoms with van der Waals surface area (Å²) >= 11 is 1.57. The van der Waals surface area contributed by atoms with Gasteiger partial charge in [-0.3, -0.25) is 9.78 Å². The normalized spacial score (nSPS) is 15.6. The molecule has 1 N–H and O–H groups in total. The predicted octanol–water partition coefficient (Wildman–Crippen LogP) is 2.39. The lowest BCUT2D eigenvalue weighted by Gasteiger charge is -2.13. The van der Waals surface area contributed by atoms with E-state index < -0.39 is 4.75 Å². The SMILES string of the molecule is O=C(Nc1cn2ncccc2n1)C1(Sc2cccnc2)CC1. The number of nitrogens with zero attached hydrogens (tertiary/aromatic N) is 4. The van der Waals surface area contributed by atoms with Crippen LogP contribution in [0.3, 0.4) is 0 Å². The smallest absolute Gasteiger partial charge is 0.242 e. The van der Waals surface area contributed by atoms with Gasteiger partial charge in [-0.25, -0.2) is 9.50 Å². The number of rotatable bonds is 4. The molecule has 0 radical (unpaired) electrons. The van der Waals surface area contributed by atoms with Crippen molar-refractivity contribution in [1.82, 2.24) is 19.6 Å². The zero-order valence-electron chi connectivity index (χ0n) is 11.6. The van der Waals surface area contributed by atoms with E-state index in [1.165, 1.54) is 0 Å². The van der Waals surface area contributed by atoms with Crippen LogP contribution in [0.4, 0.5) is 5.82 Å². The van der Waals surface area contributed by atoms with Crippen molar-refractivity contribution in [3.63, 3.8) is 0 Å². The average molecular weight is 311 g/mol. The number of thioether (sulfide) groups is 1. The Morgan fingerprint density at radius 3 is 2.86 bits per heavy atom. The zero-order valence-corrected chi connectivity index (χ0v) is 12.5. The third kappa shape index (κ3) is 2.43. The molecule has 0 unspecified atom stereocenters. The third-order valence-electron chi connectivity index (χ3n) is 3.54. The van der Waals surface area contributed by atoms with E-state index in [1.54, 1.807) is 41.1 Å². The highest BCUT2D eigenvalue weighted by molar-refractivity contribution is 8.01. The first kappa shape index (κ1) is 13.3. The minimum atomic E-state index is -0.397. The lowest BCUT2D eigenvalue weighted by atomic mass is 10.4. The molecule has 0 spiro atoms. The Balaban J connectivity index is 1.52. The quantitative estimate of drug-likeness (QED) is 0.801. The van der Waals surface area contributed by atoms with E-state index in [1.807, 2.05) is 24.3 Å². The Morgan fingerprint density at radius 2 is 2.14 bits per heavy atom. The summed E-state index contributed by atoms with van der Waals surface area (Å²) in [6.45, 7) is 0. The van der Waals surface area contributed by atoms with Gasteiger partial charge >= 0.3 is 0 Å². The first-order valence-corrected chi connectivity index (χ1v) is 7.78. The molecule has 0 aromatic carbocycles. The highest BCUT2D eigenvalue weighted by Gasteiger charge is 2.51. The van der Waals surface area contributed by atoms with Crippen LogP contribution in [0.2, 0.25) is 0 Å². The molecule has 110 valence electrons. The van der Waals surface area contributed by atoms with Crippen LogP contribution in [0.1, 0.15) is 12.8 Å². The summed E-state index contributed by atoms with van der Waals surface area (Å²) in [6.07, 6.45) is 8.65. The maximum Gasteiger partial charge on any atom is 0.242 e. The van der Waals surface area contributed by atoms with Gasteiger partial charge in [0.15, 0.2) is 11.5 Å². The lowest BCUT2D eigenvalue weighted by molar-refractivity contribution is -0.116. The van der Waals surface area contributed by atoms with Crippen molar-refractivity contribution < 1.29 is 4.79 Å². The molecule has 0 aliphatic heterocycles. The standard InChI is InChI=1S/C15H13N5OS/c21-14(15(5-6-15)22-11-3-1-7-16-9-11)19-12-10-20-13(18-12)4-2-8-17-20/h1-4,7-10H,5-6H2,(H,19,21). The third-order valence-corrected chi connectivity index (χ3v) is 5.01. The van der Waals surface area contributed by atoms with E-state index >= 15 is 0 Å². The number of imidazole rings is 1. The van der Waals surface area contributed by atoms with Crippen molar-refractivity contribution in [2.75, 3.05) is 5.32 Å².